The van der Waals surface area contributed by atoms with Crippen molar-refractivity contribution in [2.75, 3.05) is 26.4 Å². The molecule has 19 unspecified atom stereocenters. The van der Waals surface area contributed by atoms with Crippen LogP contribution < -0.4 is 0 Å². The molecule has 3 fully saturated rings. The fraction of sp³-hybridized carbons (Fsp3) is 0.957. The van der Waals surface area contributed by atoms with Crippen molar-refractivity contribution in [2.45, 2.75) is 537 Å². The summed E-state index contributed by atoms with van der Waals surface area (Å²) < 4.78 is 73.6. The van der Waals surface area contributed by atoms with Crippen molar-refractivity contribution in [2.24, 2.45) is 5.92 Å². The van der Waals surface area contributed by atoms with Crippen molar-refractivity contribution in [3.63, 3.8) is 0 Å². The predicted octanol–water partition coefficient (Wildman–Crippen LogP) is 18.4. The molecule has 0 spiro atoms. The van der Waals surface area contributed by atoms with E-state index in [-0.39, 0.29) is 25.7 Å². The number of carbonyl (C=O) groups is 4. The maximum absolute atomic E-state index is 14.9. The Bertz CT molecular complexity index is 2490. The van der Waals surface area contributed by atoms with Gasteiger partial charge in [-0.2, -0.15) is 0 Å². The molecule has 0 aromatic heterocycles. The number of rotatable bonds is 79. The molecule has 26 heteroatoms. The Balaban J connectivity index is 1.91. The zero-order valence-corrected chi connectivity index (χ0v) is 76.0. The van der Waals surface area contributed by atoms with E-state index in [0.717, 1.165) is 128 Å². The van der Waals surface area contributed by atoms with Gasteiger partial charge in [0.25, 0.3) is 0 Å². The fourth-order valence-electron chi connectivity index (χ4n) is 16.4. The van der Waals surface area contributed by atoms with E-state index in [1.165, 1.54) is 212 Å². The summed E-state index contributed by atoms with van der Waals surface area (Å²) in [4.78, 5) is 66.6. The summed E-state index contributed by atoms with van der Waals surface area (Å²) in [7, 11) is -5.81. The van der Waals surface area contributed by atoms with Crippen LogP contribution in [-0.4, -0.2) is 205 Å². The molecule has 10 N–H and O–H groups in total. The molecule has 0 radical (unpaired) electrons. The number of phosphoric acid groups is 1. The number of hydrogen-bond donors (Lipinski definition) is 10. The van der Waals surface area contributed by atoms with Gasteiger partial charge in [0.15, 0.2) is 24.8 Å². The Hall–Kier alpha value is -2.53. The van der Waals surface area contributed by atoms with Gasteiger partial charge in [-0.15, -0.1) is 0 Å². The van der Waals surface area contributed by atoms with Crippen LogP contribution in [0.25, 0.3) is 0 Å². The predicted molar refractivity (Wildman–Crippen MR) is 463 cm³/mol. The van der Waals surface area contributed by atoms with Crippen LogP contribution >= 0.6 is 7.82 Å². The van der Waals surface area contributed by atoms with E-state index in [4.69, 9.17) is 46.9 Å². The minimum Gasteiger partial charge on any atom is -0.463 e. The Morgan fingerprint density at radius 3 is 1.00 bits per heavy atom. The summed E-state index contributed by atoms with van der Waals surface area (Å²) in [5, 5.41) is 102. The molecule has 25 nitrogen and oxygen atoms in total. The summed E-state index contributed by atoms with van der Waals surface area (Å²) in [5.41, 5.74) is 0. The van der Waals surface area contributed by atoms with E-state index >= 15 is 0 Å². The van der Waals surface area contributed by atoms with Gasteiger partial charge in [-0.3, -0.25) is 28.2 Å². The van der Waals surface area contributed by atoms with Crippen molar-refractivity contribution in [3.05, 3.63) is 0 Å². The van der Waals surface area contributed by atoms with Gasteiger partial charge in [0.1, 0.15) is 92.6 Å². The van der Waals surface area contributed by atoms with Crippen LogP contribution in [0.5, 0.6) is 0 Å². The second-order valence-electron chi connectivity index (χ2n) is 35.2. The van der Waals surface area contributed by atoms with E-state index in [9.17, 15) is 74.6 Å². The highest BCUT2D eigenvalue weighted by molar-refractivity contribution is 7.47. The van der Waals surface area contributed by atoms with Crippen LogP contribution in [0, 0.1) is 5.92 Å². The average molecular weight is 1720 g/mol. The highest BCUT2D eigenvalue weighted by Gasteiger charge is 2.60. The number of carbonyl (C=O) groups excluding carboxylic acids is 4. The molecule has 3 rings (SSSR count). The fourth-order valence-corrected chi connectivity index (χ4v) is 17.4. The number of esters is 4. The molecule has 0 amide bonds. The molecular weight excluding hydrogens is 1550 g/mol. The number of phosphoric ester groups is 1. The third-order valence-electron chi connectivity index (χ3n) is 24.3. The largest absolute Gasteiger partial charge is 0.472 e. The maximum Gasteiger partial charge on any atom is 0.472 e. The molecule has 2 heterocycles. The molecule has 19 atom stereocenters. The highest BCUT2D eigenvalue weighted by atomic mass is 31.2. The van der Waals surface area contributed by atoms with Crippen molar-refractivity contribution >= 4 is 31.7 Å². The van der Waals surface area contributed by atoms with Crippen molar-refractivity contribution < 1.29 is 122 Å². The lowest BCUT2D eigenvalue weighted by molar-refractivity contribution is -0.360. The monoisotopic (exact) mass is 1720 g/mol. The molecule has 2 saturated heterocycles. The Kier molecular flexibility index (Phi) is 66.5. The van der Waals surface area contributed by atoms with Crippen LogP contribution in [-0.2, 0) is 70.7 Å². The quantitative estimate of drug-likeness (QED) is 0.0117. The average Bonchev–Trinajstić information content (AvgIpc) is 0.754. The van der Waals surface area contributed by atoms with Gasteiger partial charge < -0.3 is 88.7 Å². The van der Waals surface area contributed by atoms with Crippen LogP contribution in [0.2, 0.25) is 0 Å². The molecule has 0 aromatic rings. The third-order valence-corrected chi connectivity index (χ3v) is 25.2. The molecule has 1 aliphatic carbocycles. The maximum atomic E-state index is 14.9. The molecule has 2 aliphatic heterocycles. The molecule has 702 valence electrons. The number of unbranched alkanes of at least 4 members (excludes halogenated alkanes) is 51. The topological polar surface area (TPSA) is 380 Å². The third kappa shape index (κ3) is 51.8. The van der Waals surface area contributed by atoms with Crippen molar-refractivity contribution in [3.8, 4) is 0 Å². The molecule has 3 aliphatic rings. The van der Waals surface area contributed by atoms with Crippen LogP contribution in [0.15, 0.2) is 0 Å². The summed E-state index contributed by atoms with van der Waals surface area (Å²) in [5.74, 6) is -2.31. The second-order valence-corrected chi connectivity index (χ2v) is 36.6. The Labute approximate surface area is 719 Å². The van der Waals surface area contributed by atoms with Crippen LogP contribution in [0.4, 0.5) is 0 Å². The SMILES string of the molecule is CCCCCCCCCCCCCCCCCCC(=O)OC(COC(=O)CCCCCCCCCCCCCCCCC)COP(=O)(O)OC1C(OC2OC(CO)C(O)C(O)C2O)C(O)C(O)C(OC(=O)CCCCCCCCC(C)CCCCCCCC)C1OC1OC(COC(=O)CCCCCCCCCCCCCCC)C(O)C(O)C1O. The van der Waals surface area contributed by atoms with Gasteiger partial charge in [-0.25, -0.2) is 4.57 Å². The van der Waals surface area contributed by atoms with Gasteiger partial charge in [-0.1, -0.05) is 381 Å². The zero-order chi connectivity index (χ0) is 86.9. The van der Waals surface area contributed by atoms with E-state index in [1.54, 1.807) is 0 Å². The van der Waals surface area contributed by atoms with Crippen LogP contribution in [0.1, 0.15) is 433 Å². The minimum atomic E-state index is -5.81. The summed E-state index contributed by atoms with van der Waals surface area (Å²) in [6, 6.07) is 0. The lowest BCUT2D eigenvalue weighted by atomic mass is 9.84. The van der Waals surface area contributed by atoms with E-state index < -0.39 is 162 Å². The Morgan fingerprint density at radius 2 is 0.630 bits per heavy atom. The van der Waals surface area contributed by atoms with E-state index in [1.807, 2.05) is 0 Å². The van der Waals surface area contributed by atoms with Gasteiger partial charge >= 0.3 is 31.7 Å². The summed E-state index contributed by atoms with van der Waals surface area (Å²) in [6.07, 6.45) is 28.0. The zero-order valence-electron chi connectivity index (χ0n) is 75.1. The van der Waals surface area contributed by atoms with Gasteiger partial charge in [0.2, 0.25) is 0 Å². The molecule has 119 heavy (non-hydrogen) atoms. The highest BCUT2D eigenvalue weighted by Crippen LogP contribution is 2.49. The van der Waals surface area contributed by atoms with E-state index in [0.29, 0.717) is 38.0 Å². The molecule has 1 saturated carbocycles. The first kappa shape index (κ1) is 111. The number of hydrogen-bond acceptors (Lipinski definition) is 24. The van der Waals surface area contributed by atoms with Crippen LogP contribution in [0.3, 0.4) is 0 Å². The summed E-state index contributed by atoms with van der Waals surface area (Å²) >= 11 is 0. The normalized spacial score (nSPS) is 25.0. The lowest BCUT2D eigenvalue weighted by Crippen LogP contribution is -2.70. The smallest absolute Gasteiger partial charge is 0.463 e. The molecular formula is C93H175O25P. The minimum absolute atomic E-state index is 0.0192. The first-order chi connectivity index (χ1) is 57.6. The van der Waals surface area contributed by atoms with Gasteiger partial charge in [-0.05, 0) is 31.6 Å². The van der Waals surface area contributed by atoms with Gasteiger partial charge in [0, 0.05) is 25.7 Å². The second kappa shape index (κ2) is 71.5. The summed E-state index contributed by atoms with van der Waals surface area (Å²) in [6.45, 7) is 7.95. The van der Waals surface area contributed by atoms with Crippen molar-refractivity contribution in [1.82, 2.24) is 0 Å². The lowest BCUT2D eigenvalue weighted by Gasteiger charge is -2.50. The molecule has 0 aromatic carbocycles. The Morgan fingerprint density at radius 1 is 0.328 bits per heavy atom. The standard InChI is InChI=1S/C93H175O25P/c1-6-10-14-18-22-25-28-31-33-35-38-41-44-47-54-60-66-78(97)112-73(69-109-76(95)64-58-52-45-42-40-37-34-32-29-26-23-19-15-11-7-2)70-111-119(107,108)118-91-89(116-92-86(105)82(101)80(99)74(68-94)113-92)85(104)84(103)88(115-79(98)67-61-55-49-48-51-57-63-72(5)62-56-50-21-17-13-9-4)90(91)117-93-87(106)83(102)81(100)75(114-93)71-110-77(96)65-59-53-46-43-39-36-30-27-24-20-16-12-8-3/h72-75,80-94,99-106H,6-71H2,1-5H3,(H,107,108). The number of ether oxygens (including phenoxy) is 8. The first-order valence-corrected chi connectivity index (χ1v) is 50.2. The van der Waals surface area contributed by atoms with E-state index in [2.05, 4.69) is 34.6 Å². The number of aliphatic hydroxyl groups is 9. The first-order valence-electron chi connectivity index (χ1n) is 48.7. The number of aliphatic hydroxyl groups excluding tert-OH is 9. The van der Waals surface area contributed by atoms with Crippen molar-refractivity contribution in [1.29, 1.82) is 0 Å². The van der Waals surface area contributed by atoms with Gasteiger partial charge in [0.05, 0.1) is 13.2 Å². The molecule has 0 bridgehead atoms.